The standard InChI is InChI=1S/C19H28N2O/c1-6-15(3)12-17(7-2)14-22-21-19(20-5)13-18-10-8-16(4)9-11-18/h7-11,15,17H,2,5-6,12-14H2,1,3-4H3/b21-19-. The molecule has 0 radical (unpaired) electrons. The molecule has 0 N–H and O–H groups in total. The van der Waals surface area contributed by atoms with Crippen molar-refractivity contribution in [3.05, 3.63) is 48.0 Å². The molecular weight excluding hydrogens is 272 g/mol. The summed E-state index contributed by atoms with van der Waals surface area (Å²) in [5.41, 5.74) is 2.39. The molecule has 0 amide bonds. The Morgan fingerprint density at radius 2 is 2.00 bits per heavy atom. The predicted molar refractivity (Wildman–Crippen MR) is 95.6 cm³/mol. The minimum atomic E-state index is 0.323. The van der Waals surface area contributed by atoms with E-state index in [1.807, 2.05) is 6.08 Å². The average Bonchev–Trinajstić information content (AvgIpc) is 2.54. The summed E-state index contributed by atoms with van der Waals surface area (Å²) < 4.78 is 0. The molecule has 0 spiro atoms. The summed E-state index contributed by atoms with van der Waals surface area (Å²) >= 11 is 0. The summed E-state index contributed by atoms with van der Waals surface area (Å²) in [6.45, 7) is 14.5. The molecule has 0 aliphatic rings. The second-order valence-corrected chi connectivity index (χ2v) is 5.87. The molecule has 120 valence electrons. The Bertz CT molecular complexity index is 491. The Morgan fingerprint density at radius 1 is 1.32 bits per heavy atom. The van der Waals surface area contributed by atoms with Gasteiger partial charge in [0.2, 0.25) is 0 Å². The summed E-state index contributed by atoms with van der Waals surface area (Å²) in [4.78, 5) is 9.42. The van der Waals surface area contributed by atoms with E-state index in [1.165, 1.54) is 12.0 Å². The van der Waals surface area contributed by atoms with Crippen LogP contribution in [0.2, 0.25) is 0 Å². The lowest BCUT2D eigenvalue weighted by molar-refractivity contribution is 0.112. The van der Waals surface area contributed by atoms with Crippen LogP contribution in [0.15, 0.2) is 47.1 Å². The molecule has 0 aromatic heterocycles. The third kappa shape index (κ3) is 6.70. The third-order valence-electron chi connectivity index (χ3n) is 3.86. The lowest BCUT2D eigenvalue weighted by atomic mass is 9.95. The Kier molecular flexibility index (Phi) is 8.19. The zero-order chi connectivity index (χ0) is 16.4. The van der Waals surface area contributed by atoms with Gasteiger partial charge in [0.25, 0.3) is 0 Å². The molecule has 3 nitrogen and oxygen atoms in total. The van der Waals surface area contributed by atoms with Crippen molar-refractivity contribution in [3.8, 4) is 0 Å². The highest BCUT2D eigenvalue weighted by atomic mass is 16.6. The van der Waals surface area contributed by atoms with Crippen LogP contribution < -0.4 is 0 Å². The Morgan fingerprint density at radius 3 is 2.55 bits per heavy atom. The number of aryl methyl sites for hydroxylation is 1. The van der Waals surface area contributed by atoms with Crippen LogP contribution in [0.4, 0.5) is 0 Å². The normalized spacial score (nSPS) is 14.2. The van der Waals surface area contributed by atoms with Crippen LogP contribution in [0, 0.1) is 18.8 Å². The van der Waals surface area contributed by atoms with E-state index in [-0.39, 0.29) is 0 Å². The third-order valence-corrected chi connectivity index (χ3v) is 3.86. The monoisotopic (exact) mass is 300 g/mol. The van der Waals surface area contributed by atoms with Gasteiger partial charge in [0, 0.05) is 12.3 Å². The van der Waals surface area contributed by atoms with Crippen molar-refractivity contribution >= 4 is 12.6 Å². The maximum atomic E-state index is 5.46. The number of aliphatic imine (C=N–C) groups is 1. The van der Waals surface area contributed by atoms with Gasteiger partial charge in [-0.25, -0.2) is 4.99 Å². The average molecular weight is 300 g/mol. The summed E-state index contributed by atoms with van der Waals surface area (Å²) in [5.74, 6) is 1.60. The van der Waals surface area contributed by atoms with Crippen molar-refractivity contribution in [1.82, 2.24) is 0 Å². The van der Waals surface area contributed by atoms with Crippen molar-refractivity contribution in [2.24, 2.45) is 22.0 Å². The van der Waals surface area contributed by atoms with Crippen molar-refractivity contribution in [1.29, 1.82) is 0 Å². The predicted octanol–water partition coefficient (Wildman–Crippen LogP) is 4.81. The topological polar surface area (TPSA) is 34.0 Å². The molecule has 0 aliphatic carbocycles. The molecular formula is C19H28N2O. The Hall–Kier alpha value is -1.90. The lowest BCUT2D eigenvalue weighted by Crippen LogP contribution is -2.10. The lowest BCUT2D eigenvalue weighted by Gasteiger charge is -2.15. The highest BCUT2D eigenvalue weighted by molar-refractivity contribution is 5.87. The Balaban J connectivity index is 2.52. The minimum absolute atomic E-state index is 0.323. The molecule has 1 aromatic carbocycles. The van der Waals surface area contributed by atoms with E-state index < -0.39 is 0 Å². The van der Waals surface area contributed by atoms with E-state index in [9.17, 15) is 0 Å². The summed E-state index contributed by atoms with van der Waals surface area (Å²) in [7, 11) is 0. The van der Waals surface area contributed by atoms with E-state index >= 15 is 0 Å². The molecule has 1 rings (SSSR count). The fraction of sp³-hybridized carbons (Fsp3) is 0.474. The van der Waals surface area contributed by atoms with E-state index in [2.05, 4.69) is 68.5 Å². The van der Waals surface area contributed by atoms with Gasteiger partial charge in [-0.3, -0.25) is 0 Å². The number of rotatable bonds is 9. The first-order valence-electron chi connectivity index (χ1n) is 7.92. The van der Waals surface area contributed by atoms with Gasteiger partial charge in [0.05, 0.1) is 0 Å². The molecule has 0 fully saturated rings. The largest absolute Gasteiger partial charge is 0.394 e. The first-order valence-corrected chi connectivity index (χ1v) is 7.92. The molecule has 1 aromatic rings. The van der Waals surface area contributed by atoms with Gasteiger partial charge in [-0.1, -0.05) is 61.3 Å². The number of benzene rings is 1. The molecule has 0 saturated carbocycles. The van der Waals surface area contributed by atoms with Gasteiger partial charge in [0.1, 0.15) is 6.61 Å². The van der Waals surface area contributed by atoms with Gasteiger partial charge in [-0.05, 0) is 31.5 Å². The zero-order valence-electron chi connectivity index (χ0n) is 14.1. The number of oxime groups is 1. The quantitative estimate of drug-likeness (QED) is 0.279. The summed E-state index contributed by atoms with van der Waals surface area (Å²) in [6.07, 6.45) is 4.82. The van der Waals surface area contributed by atoms with Gasteiger partial charge in [-0.2, -0.15) is 0 Å². The fourth-order valence-electron chi connectivity index (χ4n) is 2.13. The van der Waals surface area contributed by atoms with Gasteiger partial charge < -0.3 is 4.84 Å². The maximum absolute atomic E-state index is 5.46. The first-order chi connectivity index (χ1) is 10.6. The first kappa shape index (κ1) is 18.1. The fourth-order valence-corrected chi connectivity index (χ4v) is 2.13. The molecule has 0 bridgehead atoms. The number of nitrogens with zero attached hydrogens (tertiary/aromatic N) is 2. The van der Waals surface area contributed by atoms with Crippen LogP contribution in [0.1, 0.15) is 37.8 Å². The second kappa shape index (κ2) is 9.93. The SMILES string of the molecule is C=CC(CO/N=C(/Cc1ccc(C)cc1)N=C)CC(C)CC. The maximum Gasteiger partial charge on any atom is 0.171 e. The van der Waals surface area contributed by atoms with E-state index in [0.29, 0.717) is 30.7 Å². The van der Waals surface area contributed by atoms with Crippen molar-refractivity contribution in [2.75, 3.05) is 6.61 Å². The van der Waals surface area contributed by atoms with Crippen LogP contribution in [0.5, 0.6) is 0 Å². The zero-order valence-corrected chi connectivity index (χ0v) is 14.1. The van der Waals surface area contributed by atoms with Crippen LogP contribution in [-0.4, -0.2) is 19.2 Å². The van der Waals surface area contributed by atoms with E-state index in [4.69, 9.17) is 4.84 Å². The molecule has 3 heteroatoms. The molecule has 2 atom stereocenters. The molecule has 0 aliphatic heterocycles. The smallest absolute Gasteiger partial charge is 0.171 e. The summed E-state index contributed by atoms with van der Waals surface area (Å²) in [6, 6.07) is 8.31. The second-order valence-electron chi connectivity index (χ2n) is 5.87. The molecule has 22 heavy (non-hydrogen) atoms. The molecule has 0 heterocycles. The summed E-state index contributed by atoms with van der Waals surface area (Å²) in [5, 5.41) is 4.12. The highest BCUT2D eigenvalue weighted by Crippen LogP contribution is 2.16. The van der Waals surface area contributed by atoms with Gasteiger partial charge >= 0.3 is 0 Å². The van der Waals surface area contributed by atoms with Crippen molar-refractivity contribution in [3.63, 3.8) is 0 Å². The van der Waals surface area contributed by atoms with Crippen LogP contribution >= 0.6 is 0 Å². The molecule has 2 unspecified atom stereocenters. The minimum Gasteiger partial charge on any atom is -0.394 e. The number of hydrogen-bond acceptors (Lipinski definition) is 2. The highest BCUT2D eigenvalue weighted by Gasteiger charge is 2.10. The number of amidine groups is 1. The number of hydrogen-bond donors (Lipinski definition) is 0. The van der Waals surface area contributed by atoms with Gasteiger partial charge in [0.15, 0.2) is 5.84 Å². The molecule has 0 saturated heterocycles. The van der Waals surface area contributed by atoms with Crippen molar-refractivity contribution in [2.45, 2.75) is 40.0 Å². The van der Waals surface area contributed by atoms with E-state index in [1.54, 1.807) is 0 Å². The van der Waals surface area contributed by atoms with Crippen LogP contribution in [0.25, 0.3) is 0 Å². The Labute approximate surface area is 134 Å². The van der Waals surface area contributed by atoms with E-state index in [0.717, 1.165) is 12.0 Å². The van der Waals surface area contributed by atoms with Crippen LogP contribution in [0.3, 0.4) is 0 Å². The van der Waals surface area contributed by atoms with Crippen molar-refractivity contribution < 1.29 is 4.84 Å². The van der Waals surface area contributed by atoms with Crippen LogP contribution in [-0.2, 0) is 11.3 Å². The van der Waals surface area contributed by atoms with Gasteiger partial charge in [-0.15, -0.1) is 6.58 Å².